The van der Waals surface area contributed by atoms with E-state index in [1.54, 1.807) is 60.4 Å². The van der Waals surface area contributed by atoms with Gasteiger partial charge in [-0.25, -0.2) is 8.42 Å². The molecule has 0 saturated carbocycles. The van der Waals surface area contributed by atoms with Crippen molar-refractivity contribution in [3.63, 3.8) is 0 Å². The number of sulfonamides is 1. The summed E-state index contributed by atoms with van der Waals surface area (Å²) in [5.74, 6) is -0.440. The fraction of sp³-hybridized carbons (Fsp3) is 0.500. The molecule has 10 nitrogen and oxygen atoms in total. The lowest BCUT2D eigenvalue weighted by molar-refractivity contribution is -0.116. The van der Waals surface area contributed by atoms with Crippen LogP contribution in [0.2, 0.25) is 0 Å². The van der Waals surface area contributed by atoms with Crippen molar-refractivity contribution >= 4 is 27.5 Å². The fourth-order valence-corrected chi connectivity index (χ4v) is 5.63. The molecule has 0 aliphatic carbocycles. The van der Waals surface area contributed by atoms with Crippen LogP contribution in [0, 0.1) is 5.92 Å². The van der Waals surface area contributed by atoms with Gasteiger partial charge in [0.1, 0.15) is 11.9 Å². The fourth-order valence-electron chi connectivity index (χ4n) is 4.42. The topological polar surface area (TPSA) is 119 Å². The van der Waals surface area contributed by atoms with Crippen LogP contribution in [0.3, 0.4) is 0 Å². The first-order chi connectivity index (χ1) is 18.4. The molecule has 1 aliphatic rings. The van der Waals surface area contributed by atoms with Gasteiger partial charge in [0.15, 0.2) is 0 Å². The third-order valence-corrected chi connectivity index (χ3v) is 8.68. The molecule has 0 bridgehead atoms. The zero-order valence-corrected chi connectivity index (χ0v) is 24.1. The number of nitrogens with one attached hydrogen (secondary N) is 1. The molecule has 214 valence electrons. The lowest BCUT2D eigenvalue weighted by Crippen LogP contribution is -2.50. The van der Waals surface area contributed by atoms with Crippen LogP contribution in [0.5, 0.6) is 5.75 Å². The van der Waals surface area contributed by atoms with Gasteiger partial charge in [-0.3, -0.25) is 9.59 Å². The molecule has 1 heterocycles. The van der Waals surface area contributed by atoms with Gasteiger partial charge in [0, 0.05) is 31.6 Å². The molecule has 2 aromatic carbocycles. The number of aliphatic hydroxyl groups is 1. The van der Waals surface area contributed by atoms with E-state index in [0.29, 0.717) is 24.3 Å². The largest absolute Gasteiger partial charge is 0.488 e. The molecule has 3 atom stereocenters. The first kappa shape index (κ1) is 30.6. The molecule has 39 heavy (non-hydrogen) atoms. The monoisotopic (exact) mass is 560 g/mol. The van der Waals surface area contributed by atoms with Gasteiger partial charge in [0.05, 0.1) is 29.7 Å². The number of anilines is 1. The Hall–Kier alpha value is -2.99. The van der Waals surface area contributed by atoms with Crippen LogP contribution >= 0.6 is 0 Å². The number of likely N-dealkylation sites (N-methyl/N-ethyl adjacent to an activating group) is 1. The predicted molar refractivity (Wildman–Crippen MR) is 150 cm³/mol. The lowest BCUT2D eigenvalue weighted by atomic mass is 9.99. The van der Waals surface area contributed by atoms with Crippen LogP contribution in [0.4, 0.5) is 5.69 Å². The summed E-state index contributed by atoms with van der Waals surface area (Å²) >= 11 is 0. The number of hydrogen-bond acceptors (Lipinski definition) is 7. The van der Waals surface area contributed by atoms with E-state index in [1.165, 1.54) is 11.4 Å². The van der Waals surface area contributed by atoms with Gasteiger partial charge < -0.3 is 25.0 Å². The summed E-state index contributed by atoms with van der Waals surface area (Å²) in [6.07, 6.45) is 0.460. The van der Waals surface area contributed by atoms with Crippen molar-refractivity contribution in [2.24, 2.45) is 5.92 Å². The van der Waals surface area contributed by atoms with E-state index < -0.39 is 22.2 Å². The molecular formula is C28H40N4O6S. The third kappa shape index (κ3) is 7.78. The Labute approximate surface area is 231 Å². The van der Waals surface area contributed by atoms with E-state index in [-0.39, 0.29) is 47.9 Å². The van der Waals surface area contributed by atoms with Crippen LogP contribution in [0.15, 0.2) is 53.4 Å². The van der Waals surface area contributed by atoms with Crippen molar-refractivity contribution in [1.29, 1.82) is 0 Å². The summed E-state index contributed by atoms with van der Waals surface area (Å²) < 4.78 is 33.9. The van der Waals surface area contributed by atoms with Crippen molar-refractivity contribution in [1.82, 2.24) is 14.1 Å². The van der Waals surface area contributed by atoms with E-state index in [1.807, 2.05) is 25.9 Å². The Morgan fingerprint density at radius 3 is 2.51 bits per heavy atom. The molecule has 1 aliphatic heterocycles. The normalized spacial score (nSPS) is 18.8. The number of carbonyl (C=O) groups is 2. The number of amides is 2. The molecule has 0 unspecified atom stereocenters. The summed E-state index contributed by atoms with van der Waals surface area (Å²) in [6, 6.07) is 12.6. The van der Waals surface area contributed by atoms with Crippen molar-refractivity contribution in [3.8, 4) is 5.75 Å². The zero-order chi connectivity index (χ0) is 28.7. The molecule has 2 amide bonds. The van der Waals surface area contributed by atoms with E-state index in [2.05, 4.69) is 5.32 Å². The SMILES string of the molecule is C[C@@H]1CN([C@@H](C)CO)C(=O)c2cc(NC(=O)CCCN(C)C)ccc2O[C@@H]1CN(C)S(=O)(=O)c1ccccc1. The highest BCUT2D eigenvalue weighted by Gasteiger charge is 2.35. The van der Waals surface area contributed by atoms with Gasteiger partial charge in [-0.2, -0.15) is 4.31 Å². The van der Waals surface area contributed by atoms with Gasteiger partial charge in [0.2, 0.25) is 15.9 Å². The van der Waals surface area contributed by atoms with Gasteiger partial charge in [-0.05, 0) is 64.3 Å². The van der Waals surface area contributed by atoms with Gasteiger partial charge in [-0.1, -0.05) is 25.1 Å². The third-order valence-electron chi connectivity index (χ3n) is 6.85. The molecule has 2 aromatic rings. The first-order valence-electron chi connectivity index (χ1n) is 13.1. The van der Waals surface area contributed by atoms with Gasteiger partial charge >= 0.3 is 0 Å². The van der Waals surface area contributed by atoms with Crippen LogP contribution < -0.4 is 10.1 Å². The van der Waals surface area contributed by atoms with Crippen molar-refractivity contribution < 1.29 is 27.9 Å². The Kier molecular flexibility index (Phi) is 10.5. The van der Waals surface area contributed by atoms with Crippen molar-refractivity contribution in [3.05, 3.63) is 54.1 Å². The predicted octanol–water partition coefficient (Wildman–Crippen LogP) is 2.51. The highest BCUT2D eigenvalue weighted by atomic mass is 32.2. The van der Waals surface area contributed by atoms with Crippen LogP contribution in [-0.4, -0.2) is 99.0 Å². The molecule has 0 saturated heterocycles. The summed E-state index contributed by atoms with van der Waals surface area (Å²) in [5, 5.41) is 12.7. The Morgan fingerprint density at radius 1 is 1.18 bits per heavy atom. The molecule has 2 N–H and O–H groups in total. The standard InChI is InChI=1S/C28H40N4O6S/c1-20-17-32(21(2)19-33)28(35)24-16-22(29-27(34)12-9-15-30(3)4)13-14-25(24)38-26(20)18-31(5)39(36,37)23-10-7-6-8-11-23/h6-8,10-11,13-14,16,20-21,26,33H,9,12,15,17-19H2,1-5H3,(H,29,34)/t20-,21+,26-/m1/s1. The lowest BCUT2D eigenvalue weighted by Gasteiger charge is -2.38. The van der Waals surface area contributed by atoms with Crippen LogP contribution in [-0.2, 0) is 14.8 Å². The summed E-state index contributed by atoms with van der Waals surface area (Å²) in [4.78, 5) is 29.8. The number of aliphatic hydroxyl groups excluding tert-OH is 1. The minimum Gasteiger partial charge on any atom is -0.488 e. The summed E-state index contributed by atoms with van der Waals surface area (Å²) in [7, 11) is 1.64. The number of nitrogens with zero attached hydrogens (tertiary/aromatic N) is 3. The van der Waals surface area contributed by atoms with Gasteiger partial charge in [0.25, 0.3) is 5.91 Å². The highest BCUT2D eigenvalue weighted by molar-refractivity contribution is 7.89. The minimum atomic E-state index is -3.76. The van der Waals surface area contributed by atoms with Gasteiger partial charge in [-0.15, -0.1) is 0 Å². The summed E-state index contributed by atoms with van der Waals surface area (Å²) in [6.45, 7) is 4.51. The number of ether oxygens (including phenoxy) is 1. The maximum absolute atomic E-state index is 13.6. The van der Waals surface area contributed by atoms with E-state index in [0.717, 1.165) is 6.54 Å². The average Bonchev–Trinajstić information content (AvgIpc) is 2.90. The number of benzene rings is 2. The zero-order valence-electron chi connectivity index (χ0n) is 23.3. The Morgan fingerprint density at radius 2 is 1.87 bits per heavy atom. The Balaban J connectivity index is 1.89. The number of rotatable bonds is 11. The molecule has 0 aromatic heterocycles. The first-order valence-corrected chi connectivity index (χ1v) is 14.6. The number of carbonyl (C=O) groups excluding carboxylic acids is 2. The Bertz CT molecular complexity index is 1240. The minimum absolute atomic E-state index is 0.0533. The second kappa shape index (κ2) is 13.4. The van der Waals surface area contributed by atoms with E-state index in [4.69, 9.17) is 4.74 Å². The van der Waals surface area contributed by atoms with Crippen molar-refractivity contribution in [2.45, 2.75) is 43.7 Å². The van der Waals surface area contributed by atoms with E-state index >= 15 is 0 Å². The molecule has 0 spiro atoms. The quantitative estimate of drug-likeness (QED) is 0.433. The molecule has 3 rings (SSSR count). The van der Waals surface area contributed by atoms with Crippen LogP contribution in [0.1, 0.15) is 37.0 Å². The summed E-state index contributed by atoms with van der Waals surface area (Å²) in [5.41, 5.74) is 0.706. The molecule has 0 fully saturated rings. The molecule has 0 radical (unpaired) electrons. The smallest absolute Gasteiger partial charge is 0.258 e. The maximum atomic E-state index is 13.6. The van der Waals surface area contributed by atoms with E-state index in [9.17, 15) is 23.1 Å². The van der Waals surface area contributed by atoms with Crippen molar-refractivity contribution in [2.75, 3.05) is 52.7 Å². The molecule has 11 heteroatoms. The number of fused-ring (bicyclic) bond motifs is 1. The highest BCUT2D eigenvalue weighted by Crippen LogP contribution is 2.31. The number of hydrogen-bond donors (Lipinski definition) is 2. The van der Waals surface area contributed by atoms with Crippen LogP contribution in [0.25, 0.3) is 0 Å². The maximum Gasteiger partial charge on any atom is 0.258 e. The average molecular weight is 561 g/mol. The second-order valence-corrected chi connectivity index (χ2v) is 12.4. The second-order valence-electron chi connectivity index (χ2n) is 10.4. The molecular weight excluding hydrogens is 520 g/mol.